The normalized spacial score (nSPS) is 16.4. The van der Waals surface area contributed by atoms with Gasteiger partial charge >= 0.3 is 0 Å². The van der Waals surface area contributed by atoms with E-state index in [0.29, 0.717) is 12.8 Å². The zero-order valence-corrected chi connectivity index (χ0v) is 15.1. The van der Waals surface area contributed by atoms with Crippen molar-refractivity contribution in [3.8, 4) is 0 Å². The van der Waals surface area contributed by atoms with Gasteiger partial charge < -0.3 is 10.4 Å². The van der Waals surface area contributed by atoms with Crippen molar-refractivity contribution in [2.75, 3.05) is 6.54 Å². The van der Waals surface area contributed by atoms with Crippen molar-refractivity contribution in [3.63, 3.8) is 0 Å². The molecule has 1 fully saturated rings. The molecule has 3 rings (SSSR count). The number of aliphatic hydroxyl groups is 1. The summed E-state index contributed by atoms with van der Waals surface area (Å²) in [5.41, 5.74) is 1.05. The van der Waals surface area contributed by atoms with E-state index >= 15 is 0 Å². The Morgan fingerprint density at radius 1 is 1.12 bits per heavy atom. The third-order valence-corrected chi connectivity index (χ3v) is 5.43. The van der Waals surface area contributed by atoms with Gasteiger partial charge in [0.15, 0.2) is 0 Å². The quantitative estimate of drug-likeness (QED) is 0.758. The Labute approximate surface area is 151 Å². The van der Waals surface area contributed by atoms with Crippen LogP contribution in [0, 0.1) is 5.92 Å². The molecule has 1 saturated carbocycles. The van der Waals surface area contributed by atoms with Crippen LogP contribution in [0.5, 0.6) is 0 Å². The molecule has 0 bridgehead atoms. The van der Waals surface area contributed by atoms with Crippen molar-refractivity contribution in [3.05, 3.63) is 70.2 Å². The van der Waals surface area contributed by atoms with E-state index in [-0.39, 0.29) is 18.4 Å². The second-order valence-corrected chi connectivity index (χ2v) is 7.29. The molecule has 0 heterocycles. The molecule has 2 aromatic carbocycles. The van der Waals surface area contributed by atoms with Crippen LogP contribution >= 0.6 is 15.9 Å². The third kappa shape index (κ3) is 4.05. The Morgan fingerprint density at radius 3 is 2.46 bits per heavy atom. The summed E-state index contributed by atoms with van der Waals surface area (Å²) in [5.74, 6) is 0.212. The number of amides is 1. The van der Waals surface area contributed by atoms with Crippen molar-refractivity contribution in [1.29, 1.82) is 0 Å². The van der Waals surface area contributed by atoms with Gasteiger partial charge in [-0.15, -0.1) is 0 Å². The Kier molecular flexibility index (Phi) is 5.36. The maximum absolute atomic E-state index is 12.2. The summed E-state index contributed by atoms with van der Waals surface area (Å²) >= 11 is 3.50. The molecule has 0 aliphatic heterocycles. The topological polar surface area (TPSA) is 49.3 Å². The Balaban J connectivity index is 1.57. The van der Waals surface area contributed by atoms with Crippen molar-refractivity contribution in [2.24, 2.45) is 5.92 Å². The molecule has 1 aliphatic rings. The van der Waals surface area contributed by atoms with Crippen LogP contribution in [0.2, 0.25) is 0 Å². The minimum atomic E-state index is -0.954. The van der Waals surface area contributed by atoms with Crippen LogP contribution in [0.3, 0.4) is 0 Å². The van der Waals surface area contributed by atoms with E-state index in [1.54, 1.807) is 0 Å². The highest BCUT2D eigenvalue weighted by Gasteiger charge is 2.45. The number of carbonyl (C=O) groups excluding carboxylic acids is 1. The van der Waals surface area contributed by atoms with Crippen LogP contribution in [-0.2, 0) is 16.8 Å². The van der Waals surface area contributed by atoms with Crippen molar-refractivity contribution in [1.82, 2.24) is 5.32 Å². The maximum Gasteiger partial charge on any atom is 0.220 e. The number of carbonyl (C=O) groups is 1. The highest BCUT2D eigenvalue weighted by Crippen LogP contribution is 2.45. The molecule has 0 spiro atoms. The van der Waals surface area contributed by atoms with Gasteiger partial charge in [-0.2, -0.15) is 0 Å². The summed E-state index contributed by atoms with van der Waals surface area (Å²) in [4.78, 5) is 12.2. The van der Waals surface area contributed by atoms with Crippen LogP contribution in [0.4, 0.5) is 0 Å². The van der Waals surface area contributed by atoms with E-state index < -0.39 is 5.60 Å². The third-order valence-electron chi connectivity index (χ3n) is 4.66. The molecule has 0 aromatic heterocycles. The largest absolute Gasteiger partial charge is 0.383 e. The zero-order valence-electron chi connectivity index (χ0n) is 13.5. The smallest absolute Gasteiger partial charge is 0.220 e. The monoisotopic (exact) mass is 387 g/mol. The number of benzene rings is 2. The first-order chi connectivity index (χ1) is 11.6. The lowest BCUT2D eigenvalue weighted by molar-refractivity contribution is -0.122. The fourth-order valence-corrected chi connectivity index (χ4v) is 3.52. The van der Waals surface area contributed by atoms with E-state index in [9.17, 15) is 9.90 Å². The van der Waals surface area contributed by atoms with Crippen molar-refractivity contribution in [2.45, 2.75) is 31.3 Å². The Hall–Kier alpha value is -1.65. The van der Waals surface area contributed by atoms with E-state index in [2.05, 4.69) is 21.2 Å². The lowest BCUT2D eigenvalue weighted by Gasteiger charge is -2.29. The number of halogens is 1. The number of rotatable bonds is 7. The first kappa shape index (κ1) is 17.2. The van der Waals surface area contributed by atoms with Gasteiger partial charge in [0.05, 0.1) is 6.54 Å². The minimum Gasteiger partial charge on any atom is -0.383 e. The van der Waals surface area contributed by atoms with Gasteiger partial charge in [0.1, 0.15) is 5.60 Å². The van der Waals surface area contributed by atoms with E-state index in [0.717, 1.165) is 28.4 Å². The van der Waals surface area contributed by atoms with Gasteiger partial charge in [0, 0.05) is 10.9 Å². The van der Waals surface area contributed by atoms with Gasteiger partial charge in [0.2, 0.25) is 5.91 Å². The molecule has 1 aliphatic carbocycles. The number of hydrogen-bond acceptors (Lipinski definition) is 2. The summed E-state index contributed by atoms with van der Waals surface area (Å²) in [6.07, 6.45) is 3.12. The highest BCUT2D eigenvalue weighted by molar-refractivity contribution is 9.10. The summed E-state index contributed by atoms with van der Waals surface area (Å²) in [6.45, 7) is 0.274. The second-order valence-electron chi connectivity index (χ2n) is 6.43. The predicted octanol–water partition coefficient (Wildman–Crippen LogP) is 3.80. The van der Waals surface area contributed by atoms with E-state index in [4.69, 9.17) is 0 Å². The molecule has 4 heteroatoms. The Morgan fingerprint density at radius 2 is 1.79 bits per heavy atom. The molecule has 0 saturated heterocycles. The lowest BCUT2D eigenvalue weighted by atomic mass is 9.88. The highest BCUT2D eigenvalue weighted by atomic mass is 79.9. The van der Waals surface area contributed by atoms with Crippen molar-refractivity contribution >= 4 is 21.8 Å². The molecule has 0 unspecified atom stereocenters. The van der Waals surface area contributed by atoms with E-state index in [1.165, 1.54) is 0 Å². The fourth-order valence-electron chi connectivity index (χ4n) is 3.04. The van der Waals surface area contributed by atoms with Crippen LogP contribution in [0.25, 0.3) is 0 Å². The summed E-state index contributed by atoms with van der Waals surface area (Å²) in [7, 11) is 0. The first-order valence-corrected chi connectivity index (χ1v) is 9.17. The summed E-state index contributed by atoms with van der Waals surface area (Å²) in [5, 5.41) is 14.0. The standard InChI is InChI=1S/C20H22BrNO2/c21-18-9-5-4-6-15(18)10-13-19(23)22-14-20(24,17-11-12-17)16-7-2-1-3-8-16/h1-9,17,24H,10-14H2,(H,22,23)/t20-/m1/s1. The van der Waals surface area contributed by atoms with Crippen LogP contribution in [0.15, 0.2) is 59.1 Å². The van der Waals surface area contributed by atoms with Gasteiger partial charge in [0.25, 0.3) is 0 Å². The second kappa shape index (κ2) is 7.49. The predicted molar refractivity (Wildman–Crippen MR) is 98.5 cm³/mol. The fraction of sp³-hybridized carbons (Fsp3) is 0.350. The van der Waals surface area contributed by atoms with Gasteiger partial charge in [-0.3, -0.25) is 4.79 Å². The number of aryl methyl sites for hydroxylation is 1. The number of nitrogens with one attached hydrogen (secondary N) is 1. The average molecular weight is 388 g/mol. The molecule has 3 nitrogen and oxygen atoms in total. The molecule has 2 aromatic rings. The molecule has 1 atom stereocenters. The van der Waals surface area contributed by atoms with Crippen molar-refractivity contribution < 1.29 is 9.90 Å². The van der Waals surface area contributed by atoms with Gasteiger partial charge in [-0.1, -0.05) is 64.5 Å². The van der Waals surface area contributed by atoms with Crippen LogP contribution < -0.4 is 5.32 Å². The number of hydrogen-bond donors (Lipinski definition) is 2. The summed E-state index contributed by atoms with van der Waals surface area (Å²) < 4.78 is 1.02. The van der Waals surface area contributed by atoms with Gasteiger partial charge in [-0.05, 0) is 42.4 Å². The summed E-state index contributed by atoms with van der Waals surface area (Å²) in [6, 6.07) is 17.6. The zero-order chi connectivity index (χ0) is 17.0. The molecule has 2 N–H and O–H groups in total. The Bertz CT molecular complexity index is 700. The lowest BCUT2D eigenvalue weighted by Crippen LogP contribution is -2.42. The molecule has 24 heavy (non-hydrogen) atoms. The minimum absolute atomic E-state index is 0.0271. The SMILES string of the molecule is O=C(CCc1ccccc1Br)NC[C@@](O)(c1ccccc1)C1CC1. The molecule has 126 valence electrons. The van der Waals surface area contributed by atoms with Crippen LogP contribution in [0.1, 0.15) is 30.4 Å². The molecular formula is C20H22BrNO2. The van der Waals surface area contributed by atoms with Gasteiger partial charge in [-0.25, -0.2) is 0 Å². The molecule has 1 amide bonds. The first-order valence-electron chi connectivity index (χ1n) is 8.37. The molecular weight excluding hydrogens is 366 g/mol. The van der Waals surface area contributed by atoms with Crippen LogP contribution in [-0.4, -0.2) is 17.6 Å². The maximum atomic E-state index is 12.2. The average Bonchev–Trinajstić information content (AvgIpc) is 3.45. The van der Waals surface area contributed by atoms with E-state index in [1.807, 2.05) is 54.6 Å². The molecule has 0 radical (unpaired) electrons.